The molecule has 1 aliphatic carbocycles. The van der Waals surface area contributed by atoms with Crippen molar-refractivity contribution in [3.05, 3.63) is 0 Å². The molecule has 1 fully saturated rings. The fraction of sp³-hybridized carbons (Fsp3) is 0.800. The highest BCUT2D eigenvalue weighted by Gasteiger charge is 2.58. The van der Waals surface area contributed by atoms with Gasteiger partial charge in [-0.05, 0) is 5.92 Å². The highest BCUT2D eigenvalue weighted by atomic mass is 16.5. The van der Waals surface area contributed by atoms with Crippen molar-refractivity contribution < 1.29 is 19.1 Å². The van der Waals surface area contributed by atoms with Gasteiger partial charge >= 0.3 is 11.9 Å². The van der Waals surface area contributed by atoms with E-state index in [4.69, 9.17) is 5.73 Å². The molecule has 0 aromatic heterocycles. The smallest absolute Gasteiger partial charge is 0.322 e. The molecule has 1 rings (SSSR count). The van der Waals surface area contributed by atoms with Crippen LogP contribution in [0.25, 0.3) is 0 Å². The molecule has 4 atom stereocenters. The minimum atomic E-state index is -0.718. The van der Waals surface area contributed by atoms with Gasteiger partial charge in [-0.3, -0.25) is 9.59 Å². The van der Waals surface area contributed by atoms with Crippen LogP contribution in [-0.4, -0.2) is 32.2 Å². The summed E-state index contributed by atoms with van der Waals surface area (Å²) in [6.07, 6.45) is 0.815. The maximum atomic E-state index is 11.3. The van der Waals surface area contributed by atoms with E-state index in [-0.39, 0.29) is 23.7 Å². The molecule has 0 aromatic rings. The molecule has 0 amide bonds. The number of esters is 2. The van der Waals surface area contributed by atoms with Gasteiger partial charge in [0.15, 0.2) is 0 Å². The van der Waals surface area contributed by atoms with Crippen molar-refractivity contribution in [3.63, 3.8) is 0 Å². The van der Waals surface area contributed by atoms with Crippen molar-refractivity contribution in [1.29, 1.82) is 0 Å². The summed E-state index contributed by atoms with van der Waals surface area (Å²) in [6.45, 7) is 1.96. The fourth-order valence-corrected chi connectivity index (χ4v) is 2.18. The van der Waals surface area contributed by atoms with Crippen LogP contribution in [0.1, 0.15) is 13.3 Å². The number of nitrogens with two attached hydrogens (primary N) is 1. The van der Waals surface area contributed by atoms with Crippen molar-refractivity contribution >= 4 is 11.9 Å². The Morgan fingerprint density at radius 2 is 1.93 bits per heavy atom. The molecule has 0 radical (unpaired) electrons. The van der Waals surface area contributed by atoms with E-state index >= 15 is 0 Å². The zero-order valence-corrected chi connectivity index (χ0v) is 9.23. The van der Waals surface area contributed by atoms with E-state index in [1.54, 1.807) is 0 Å². The van der Waals surface area contributed by atoms with E-state index < -0.39 is 12.0 Å². The van der Waals surface area contributed by atoms with Crippen LogP contribution in [0.3, 0.4) is 0 Å². The minimum Gasteiger partial charge on any atom is -0.469 e. The molecule has 1 saturated carbocycles. The number of hydrogen-bond acceptors (Lipinski definition) is 5. The van der Waals surface area contributed by atoms with Crippen LogP contribution < -0.4 is 5.73 Å². The second kappa shape index (κ2) is 4.61. The number of methoxy groups -OCH3 is 2. The summed E-state index contributed by atoms with van der Waals surface area (Å²) in [5.41, 5.74) is 5.70. The molecule has 1 aliphatic rings. The maximum Gasteiger partial charge on any atom is 0.322 e. The lowest BCUT2D eigenvalue weighted by Gasteiger charge is -2.07. The van der Waals surface area contributed by atoms with Gasteiger partial charge in [-0.2, -0.15) is 0 Å². The first kappa shape index (κ1) is 12.0. The quantitative estimate of drug-likeness (QED) is 0.664. The van der Waals surface area contributed by atoms with Crippen molar-refractivity contribution in [3.8, 4) is 0 Å². The summed E-state index contributed by atoms with van der Waals surface area (Å²) >= 11 is 0. The lowest BCUT2D eigenvalue weighted by Crippen LogP contribution is -2.35. The minimum absolute atomic E-state index is 0.130. The van der Waals surface area contributed by atoms with Crippen LogP contribution in [0, 0.1) is 17.8 Å². The van der Waals surface area contributed by atoms with Gasteiger partial charge in [-0.1, -0.05) is 13.3 Å². The highest BCUT2D eigenvalue weighted by Crippen LogP contribution is 2.50. The third kappa shape index (κ3) is 2.12. The van der Waals surface area contributed by atoms with Gasteiger partial charge in [-0.25, -0.2) is 0 Å². The van der Waals surface area contributed by atoms with E-state index in [0.717, 1.165) is 6.42 Å². The third-order valence-corrected chi connectivity index (χ3v) is 3.06. The number of hydrogen-bond donors (Lipinski definition) is 1. The number of rotatable bonds is 4. The van der Waals surface area contributed by atoms with Gasteiger partial charge in [0.2, 0.25) is 0 Å². The summed E-state index contributed by atoms with van der Waals surface area (Å²) in [5, 5.41) is 0. The average molecular weight is 215 g/mol. The second-order valence-corrected chi connectivity index (χ2v) is 3.75. The van der Waals surface area contributed by atoms with Crippen molar-refractivity contribution in [2.45, 2.75) is 19.4 Å². The molecule has 0 bridgehead atoms. The van der Waals surface area contributed by atoms with Gasteiger partial charge in [0.1, 0.15) is 6.04 Å². The molecule has 0 aromatic carbocycles. The molecule has 0 saturated heterocycles. The molecular formula is C10H17NO4. The van der Waals surface area contributed by atoms with E-state index in [1.807, 2.05) is 6.92 Å². The molecule has 0 aliphatic heterocycles. The number of carbonyl (C=O) groups excluding carboxylic acids is 2. The molecule has 5 nitrogen and oxygen atoms in total. The average Bonchev–Trinajstić information content (AvgIpc) is 2.99. The molecule has 86 valence electrons. The van der Waals surface area contributed by atoms with Crippen LogP contribution in [0.2, 0.25) is 0 Å². The van der Waals surface area contributed by atoms with Crippen LogP contribution >= 0.6 is 0 Å². The number of carbonyl (C=O) groups is 2. The fourth-order valence-electron chi connectivity index (χ4n) is 2.18. The Labute approximate surface area is 88.9 Å². The predicted molar refractivity (Wildman–Crippen MR) is 52.8 cm³/mol. The zero-order valence-electron chi connectivity index (χ0n) is 9.23. The largest absolute Gasteiger partial charge is 0.469 e. The Kier molecular flexibility index (Phi) is 3.68. The molecule has 0 spiro atoms. The summed E-state index contributed by atoms with van der Waals surface area (Å²) in [6, 6.07) is -0.718. The van der Waals surface area contributed by atoms with Crippen LogP contribution in [0.15, 0.2) is 0 Å². The Morgan fingerprint density at radius 1 is 1.33 bits per heavy atom. The molecule has 15 heavy (non-hydrogen) atoms. The Balaban J connectivity index is 2.64. The first-order valence-corrected chi connectivity index (χ1v) is 4.99. The molecule has 1 unspecified atom stereocenters. The maximum absolute atomic E-state index is 11.3. The SMILES string of the molecule is CC[C@H]1[C@H](C(=O)OC)[C@H]1C(N)C(=O)OC. The van der Waals surface area contributed by atoms with E-state index in [1.165, 1.54) is 14.2 Å². The predicted octanol–water partition coefficient (Wildman–Crippen LogP) is -0.0681. The third-order valence-electron chi connectivity index (χ3n) is 3.06. The van der Waals surface area contributed by atoms with Crippen LogP contribution in [0.4, 0.5) is 0 Å². The van der Waals surface area contributed by atoms with Crippen molar-refractivity contribution in [2.24, 2.45) is 23.5 Å². The lowest BCUT2D eigenvalue weighted by atomic mass is 10.1. The molecule has 5 heteroatoms. The Morgan fingerprint density at radius 3 is 2.33 bits per heavy atom. The van der Waals surface area contributed by atoms with E-state index in [2.05, 4.69) is 9.47 Å². The Hall–Kier alpha value is -1.10. The second-order valence-electron chi connectivity index (χ2n) is 3.75. The molecule has 2 N–H and O–H groups in total. The number of ether oxygens (including phenoxy) is 2. The highest BCUT2D eigenvalue weighted by molar-refractivity contribution is 5.82. The van der Waals surface area contributed by atoms with E-state index in [0.29, 0.717) is 0 Å². The van der Waals surface area contributed by atoms with Gasteiger partial charge < -0.3 is 15.2 Å². The van der Waals surface area contributed by atoms with Crippen molar-refractivity contribution in [1.82, 2.24) is 0 Å². The van der Waals surface area contributed by atoms with Gasteiger partial charge in [-0.15, -0.1) is 0 Å². The van der Waals surface area contributed by atoms with Gasteiger partial charge in [0, 0.05) is 5.92 Å². The standard InChI is InChI=1S/C10H17NO4/c1-4-5-6(7(5)9(12)14-2)8(11)10(13)15-3/h5-8H,4,11H2,1-3H3/t5-,6+,7+,8?/m1/s1. The Bertz CT molecular complexity index is 266. The topological polar surface area (TPSA) is 78.6 Å². The monoisotopic (exact) mass is 215 g/mol. The molecule has 0 heterocycles. The summed E-state index contributed by atoms with van der Waals surface area (Å²) < 4.78 is 9.21. The normalized spacial score (nSPS) is 30.5. The first-order valence-electron chi connectivity index (χ1n) is 4.99. The van der Waals surface area contributed by atoms with Crippen LogP contribution in [-0.2, 0) is 19.1 Å². The molecular weight excluding hydrogens is 198 g/mol. The first-order chi connectivity index (χ1) is 7.08. The van der Waals surface area contributed by atoms with Gasteiger partial charge in [0.25, 0.3) is 0 Å². The van der Waals surface area contributed by atoms with Crippen molar-refractivity contribution in [2.75, 3.05) is 14.2 Å². The van der Waals surface area contributed by atoms with E-state index in [9.17, 15) is 9.59 Å². The summed E-state index contributed by atoms with van der Waals surface area (Å²) in [7, 11) is 2.63. The van der Waals surface area contributed by atoms with Gasteiger partial charge in [0.05, 0.1) is 20.1 Å². The zero-order chi connectivity index (χ0) is 11.6. The van der Waals surface area contributed by atoms with Crippen LogP contribution in [0.5, 0.6) is 0 Å². The lowest BCUT2D eigenvalue weighted by molar-refractivity contribution is -0.144. The summed E-state index contributed by atoms with van der Waals surface area (Å²) in [4.78, 5) is 22.6. The summed E-state index contributed by atoms with van der Waals surface area (Å²) in [5.74, 6) is -0.980.